The third kappa shape index (κ3) is 4.17. The summed E-state index contributed by atoms with van der Waals surface area (Å²) in [6, 6.07) is 11.6. The van der Waals surface area contributed by atoms with Crippen LogP contribution in [-0.4, -0.2) is 41.8 Å². The summed E-state index contributed by atoms with van der Waals surface area (Å²) in [6.07, 6.45) is 7.25. The fourth-order valence-electron chi connectivity index (χ4n) is 4.22. The van der Waals surface area contributed by atoms with Crippen LogP contribution in [0.3, 0.4) is 0 Å². The maximum atomic E-state index is 11.8. The van der Waals surface area contributed by atoms with Gasteiger partial charge in [-0.25, -0.2) is 4.98 Å². The van der Waals surface area contributed by atoms with Gasteiger partial charge in [-0.1, -0.05) is 6.92 Å². The molecule has 0 saturated heterocycles. The normalized spacial score (nSPS) is 11.3. The van der Waals surface area contributed by atoms with E-state index >= 15 is 0 Å². The van der Waals surface area contributed by atoms with E-state index < -0.39 is 0 Å². The van der Waals surface area contributed by atoms with Crippen molar-refractivity contribution >= 4 is 50.7 Å². The number of hydrogen-bond donors (Lipinski definition) is 3. The summed E-state index contributed by atoms with van der Waals surface area (Å²) in [6.45, 7) is 3.37. The molecule has 0 aliphatic heterocycles. The number of amides is 1. The Morgan fingerprint density at radius 1 is 1.00 bits per heavy atom. The largest absolute Gasteiger partial charge is 0.353 e. The number of hydrogen-bond acceptors (Lipinski definition) is 7. The highest BCUT2D eigenvalue weighted by atomic mass is 32.1. The Labute approximate surface area is 215 Å². The van der Waals surface area contributed by atoms with E-state index in [1.807, 2.05) is 36.4 Å². The monoisotopic (exact) mass is 507 g/mol. The van der Waals surface area contributed by atoms with Gasteiger partial charge in [0.15, 0.2) is 11.4 Å². The van der Waals surface area contributed by atoms with E-state index in [-0.39, 0.29) is 11.7 Å². The van der Waals surface area contributed by atoms with E-state index in [2.05, 4.69) is 35.5 Å². The van der Waals surface area contributed by atoms with Gasteiger partial charge >= 0.3 is 0 Å². The third-order valence-corrected chi connectivity index (χ3v) is 7.28. The van der Waals surface area contributed by atoms with Crippen LogP contribution in [0, 0.1) is 0 Å². The highest BCUT2D eigenvalue weighted by Crippen LogP contribution is 2.36. The molecule has 0 unspecified atom stereocenters. The molecule has 0 saturated carbocycles. The quantitative estimate of drug-likeness (QED) is 0.243. The lowest BCUT2D eigenvalue weighted by atomic mass is 10.1. The predicted molar refractivity (Wildman–Crippen MR) is 144 cm³/mol. The van der Waals surface area contributed by atoms with E-state index in [9.17, 15) is 9.59 Å². The number of thiophene rings is 1. The number of fused-ring (bicyclic) bond motifs is 2. The van der Waals surface area contributed by atoms with Crippen molar-refractivity contribution in [1.82, 2.24) is 30.1 Å². The molecule has 0 bridgehead atoms. The number of rotatable bonds is 6. The van der Waals surface area contributed by atoms with Gasteiger partial charge in [-0.05, 0) is 43.3 Å². The SMILES string of the molecule is CCC(=O)Nc1cncc(-c2cnc3n[nH]c(-c4cc5c(-c6ccc(C(C)=O)s6)nccc5[nH]4)c3c2)c1. The van der Waals surface area contributed by atoms with Crippen LogP contribution in [0.1, 0.15) is 29.9 Å². The second-order valence-corrected chi connectivity index (χ2v) is 9.67. The molecule has 0 aliphatic carbocycles. The minimum absolute atomic E-state index is 0.0406. The van der Waals surface area contributed by atoms with E-state index in [4.69, 9.17) is 0 Å². The van der Waals surface area contributed by atoms with Crippen LogP contribution in [0.5, 0.6) is 0 Å². The fraction of sp³-hybridized carbons (Fsp3) is 0.111. The second kappa shape index (κ2) is 9.07. The van der Waals surface area contributed by atoms with E-state index in [1.165, 1.54) is 11.3 Å². The van der Waals surface area contributed by atoms with E-state index in [0.29, 0.717) is 22.6 Å². The maximum absolute atomic E-state index is 11.8. The topological polar surface area (TPSA) is 129 Å². The highest BCUT2D eigenvalue weighted by molar-refractivity contribution is 7.17. The molecule has 6 aromatic rings. The summed E-state index contributed by atoms with van der Waals surface area (Å²) < 4.78 is 0. The minimum Gasteiger partial charge on any atom is -0.353 e. The molecule has 6 heterocycles. The van der Waals surface area contributed by atoms with Gasteiger partial charge in [0.1, 0.15) is 0 Å². The molecule has 3 N–H and O–H groups in total. The van der Waals surface area contributed by atoms with Crippen LogP contribution in [-0.2, 0) is 4.79 Å². The molecule has 6 aromatic heterocycles. The molecule has 10 heteroatoms. The lowest BCUT2D eigenvalue weighted by molar-refractivity contribution is -0.115. The molecule has 0 aliphatic rings. The number of pyridine rings is 3. The van der Waals surface area contributed by atoms with Crippen molar-refractivity contribution in [3.05, 3.63) is 66.1 Å². The summed E-state index contributed by atoms with van der Waals surface area (Å²) in [5, 5.41) is 12.1. The number of carbonyl (C=O) groups is 2. The first kappa shape index (κ1) is 22.7. The Bertz CT molecular complexity index is 1810. The van der Waals surface area contributed by atoms with Gasteiger partial charge in [0.05, 0.1) is 38.7 Å². The number of aromatic amines is 2. The molecule has 37 heavy (non-hydrogen) atoms. The van der Waals surface area contributed by atoms with Crippen molar-refractivity contribution in [1.29, 1.82) is 0 Å². The van der Waals surface area contributed by atoms with Gasteiger partial charge in [0, 0.05) is 52.4 Å². The van der Waals surface area contributed by atoms with Crippen molar-refractivity contribution in [2.45, 2.75) is 20.3 Å². The van der Waals surface area contributed by atoms with Gasteiger partial charge < -0.3 is 10.3 Å². The number of Topliss-reactive ketones (excluding diaryl/α,β-unsaturated/α-hetero) is 1. The number of carbonyl (C=O) groups excluding carboxylic acids is 2. The average molecular weight is 508 g/mol. The Morgan fingerprint density at radius 3 is 2.68 bits per heavy atom. The zero-order valence-corrected chi connectivity index (χ0v) is 20.8. The highest BCUT2D eigenvalue weighted by Gasteiger charge is 2.17. The number of ketones is 1. The third-order valence-electron chi connectivity index (χ3n) is 6.09. The predicted octanol–water partition coefficient (Wildman–Crippen LogP) is 5.84. The number of nitrogens with zero attached hydrogens (tertiary/aromatic N) is 4. The van der Waals surface area contributed by atoms with Gasteiger partial charge in [0.2, 0.25) is 5.91 Å². The van der Waals surface area contributed by atoms with Gasteiger partial charge in [-0.15, -0.1) is 11.3 Å². The molecule has 0 fully saturated rings. The lowest BCUT2D eigenvalue weighted by Gasteiger charge is -2.06. The molecule has 182 valence electrons. The Balaban J connectivity index is 1.42. The first-order valence-electron chi connectivity index (χ1n) is 11.7. The standard InChI is InChI=1S/C27H21N7O2S/c1-3-24(36)31-17-8-15(11-28-13-17)16-9-19-25(33-34-27(19)30-12-16)21-10-18-20(32-21)6-7-29-26(18)23-5-4-22(37-23)14(2)35/h4-13,32H,3H2,1-2H3,(H,31,36)(H,30,33,34). The van der Waals surface area contributed by atoms with E-state index in [0.717, 1.165) is 49.4 Å². The Hall–Kier alpha value is -4.70. The van der Waals surface area contributed by atoms with Crippen molar-refractivity contribution in [3.63, 3.8) is 0 Å². The Kier molecular flexibility index (Phi) is 5.57. The molecule has 1 amide bonds. The number of anilines is 1. The zero-order chi connectivity index (χ0) is 25.5. The van der Waals surface area contributed by atoms with Crippen LogP contribution in [0.15, 0.2) is 61.2 Å². The van der Waals surface area contributed by atoms with Crippen molar-refractivity contribution < 1.29 is 9.59 Å². The number of H-pyrrole nitrogens is 2. The molecular formula is C27H21N7O2S. The van der Waals surface area contributed by atoms with Gasteiger partial charge in [0.25, 0.3) is 0 Å². The van der Waals surface area contributed by atoms with Crippen molar-refractivity contribution in [2.24, 2.45) is 0 Å². The zero-order valence-electron chi connectivity index (χ0n) is 20.0. The molecule has 9 nitrogen and oxygen atoms in total. The van der Waals surface area contributed by atoms with Gasteiger partial charge in [-0.2, -0.15) is 5.10 Å². The molecular weight excluding hydrogens is 486 g/mol. The first-order valence-corrected chi connectivity index (χ1v) is 12.5. The summed E-state index contributed by atoms with van der Waals surface area (Å²) in [7, 11) is 0. The molecule has 6 rings (SSSR count). The van der Waals surface area contributed by atoms with Crippen LogP contribution in [0.2, 0.25) is 0 Å². The van der Waals surface area contributed by atoms with E-state index in [1.54, 1.807) is 38.6 Å². The molecule has 0 atom stereocenters. The van der Waals surface area contributed by atoms with Crippen LogP contribution >= 0.6 is 11.3 Å². The lowest BCUT2D eigenvalue weighted by Crippen LogP contribution is -2.09. The summed E-state index contributed by atoms with van der Waals surface area (Å²) in [4.78, 5) is 42.1. The average Bonchev–Trinajstić information content (AvgIpc) is 3.66. The number of aromatic nitrogens is 6. The summed E-state index contributed by atoms with van der Waals surface area (Å²) in [5.41, 5.74) is 6.28. The second-order valence-electron chi connectivity index (χ2n) is 8.58. The molecule has 0 radical (unpaired) electrons. The van der Waals surface area contributed by atoms with Crippen LogP contribution in [0.25, 0.3) is 55.0 Å². The minimum atomic E-state index is -0.0719. The molecule has 0 spiro atoms. The number of nitrogens with one attached hydrogen (secondary N) is 3. The summed E-state index contributed by atoms with van der Waals surface area (Å²) >= 11 is 1.44. The Morgan fingerprint density at radius 2 is 1.86 bits per heavy atom. The fourth-order valence-corrected chi connectivity index (χ4v) is 5.13. The summed E-state index contributed by atoms with van der Waals surface area (Å²) in [5.74, 6) is -0.0312. The smallest absolute Gasteiger partial charge is 0.224 e. The van der Waals surface area contributed by atoms with Crippen LogP contribution in [0.4, 0.5) is 5.69 Å². The van der Waals surface area contributed by atoms with Gasteiger partial charge in [-0.3, -0.25) is 24.7 Å². The molecule has 0 aromatic carbocycles. The first-order chi connectivity index (χ1) is 18.0. The maximum Gasteiger partial charge on any atom is 0.224 e. The van der Waals surface area contributed by atoms with Crippen molar-refractivity contribution in [2.75, 3.05) is 5.32 Å². The van der Waals surface area contributed by atoms with Crippen LogP contribution < -0.4 is 5.32 Å². The van der Waals surface area contributed by atoms with Crippen molar-refractivity contribution in [3.8, 4) is 33.1 Å².